The fourth-order valence-electron chi connectivity index (χ4n) is 2.57. The van der Waals surface area contributed by atoms with Crippen molar-refractivity contribution in [1.29, 1.82) is 0 Å². The normalized spacial score (nSPS) is 21.4. The van der Waals surface area contributed by atoms with Gasteiger partial charge in [0.2, 0.25) is 0 Å². The predicted molar refractivity (Wildman–Crippen MR) is 97.1 cm³/mol. The molecule has 0 N–H and O–H groups in total. The van der Waals surface area contributed by atoms with Crippen LogP contribution < -0.4 is 0 Å². The molecule has 0 unspecified atom stereocenters. The Morgan fingerprint density at radius 2 is 1.88 bits per heavy atom. The molecule has 0 aromatic heterocycles. The number of rotatable bonds is 6. The molecule has 26 heavy (non-hydrogen) atoms. The second-order valence-electron chi connectivity index (χ2n) is 6.02. The molecule has 1 aromatic carbocycles. The van der Waals surface area contributed by atoms with Crippen LogP contribution >= 0.6 is 0 Å². The molecule has 1 aromatic rings. The molecule has 5 nitrogen and oxygen atoms in total. The first kappa shape index (κ1) is 19.7. The minimum Gasteiger partial charge on any atom is -0.463 e. The third kappa shape index (κ3) is 7.12. The summed E-state index contributed by atoms with van der Waals surface area (Å²) in [7, 11) is 0. The average Bonchev–Trinajstić information content (AvgIpc) is 2.61. The molecule has 0 aliphatic carbocycles. The Hall–Kier alpha value is -2.58. The molecule has 3 atom stereocenters. The van der Waals surface area contributed by atoms with Crippen molar-refractivity contribution >= 4 is 11.9 Å². The van der Waals surface area contributed by atoms with Crippen LogP contribution in [-0.4, -0.2) is 36.9 Å². The van der Waals surface area contributed by atoms with Crippen LogP contribution in [0.5, 0.6) is 0 Å². The molecule has 0 saturated carbocycles. The Bertz CT molecular complexity index is 683. The Morgan fingerprint density at radius 1 is 1.12 bits per heavy atom. The Balaban J connectivity index is 1.85. The fourth-order valence-corrected chi connectivity index (χ4v) is 2.57. The molecule has 0 radical (unpaired) electrons. The lowest BCUT2D eigenvalue weighted by atomic mass is 10.1. The van der Waals surface area contributed by atoms with Crippen LogP contribution in [0.3, 0.4) is 0 Å². The molecule has 5 heteroatoms. The maximum absolute atomic E-state index is 11.2. The summed E-state index contributed by atoms with van der Waals surface area (Å²) in [5.41, 5.74) is 1.30. The van der Waals surface area contributed by atoms with Gasteiger partial charge in [0.15, 0.2) is 0 Å². The highest BCUT2D eigenvalue weighted by atomic mass is 16.6. The highest BCUT2D eigenvalue weighted by Gasteiger charge is 2.29. The van der Waals surface area contributed by atoms with Gasteiger partial charge in [-0.25, -0.2) is 0 Å². The van der Waals surface area contributed by atoms with Gasteiger partial charge in [0.25, 0.3) is 0 Å². The van der Waals surface area contributed by atoms with E-state index < -0.39 is 30.3 Å². The zero-order valence-corrected chi connectivity index (χ0v) is 15.1. The monoisotopic (exact) mass is 356 g/mol. The number of carbonyl (C=O) groups is 2. The standard InChI is InChI=1S/C21H24O5/c1-16(22)24-15-21-20(25-17(2)23)14-13-19(26-21)12-8-4-7-11-18-9-5-3-6-10-18/h3,5-6,9-10,13-14,19-21H,4,7,11,15H2,1-2H3/t19-,20+,21-/m1/s1. The summed E-state index contributed by atoms with van der Waals surface area (Å²) in [5.74, 6) is 5.36. The van der Waals surface area contributed by atoms with Gasteiger partial charge in [0.1, 0.15) is 24.9 Å². The van der Waals surface area contributed by atoms with E-state index in [2.05, 4.69) is 24.0 Å². The number of hydrogen-bond acceptors (Lipinski definition) is 5. The van der Waals surface area contributed by atoms with Gasteiger partial charge in [-0.3, -0.25) is 9.59 Å². The summed E-state index contributed by atoms with van der Waals surface area (Å²) in [5, 5.41) is 0. The second-order valence-corrected chi connectivity index (χ2v) is 6.02. The van der Waals surface area contributed by atoms with E-state index in [0.29, 0.717) is 0 Å². The minimum absolute atomic E-state index is 0.0177. The second kappa shape index (κ2) is 10.4. The quantitative estimate of drug-likeness (QED) is 0.339. The Labute approximate surface area is 154 Å². The first-order valence-electron chi connectivity index (χ1n) is 8.71. The minimum atomic E-state index is -0.581. The Kier molecular flexibility index (Phi) is 7.91. The third-order valence-corrected chi connectivity index (χ3v) is 3.77. The van der Waals surface area contributed by atoms with Crippen molar-refractivity contribution in [2.45, 2.75) is 51.4 Å². The van der Waals surface area contributed by atoms with E-state index in [4.69, 9.17) is 14.2 Å². The zero-order valence-electron chi connectivity index (χ0n) is 15.1. The third-order valence-electron chi connectivity index (χ3n) is 3.77. The molecule has 0 amide bonds. The van der Waals surface area contributed by atoms with E-state index in [1.54, 1.807) is 12.2 Å². The van der Waals surface area contributed by atoms with Crippen LogP contribution in [-0.2, 0) is 30.2 Å². The van der Waals surface area contributed by atoms with E-state index in [1.165, 1.54) is 19.4 Å². The molecule has 0 bridgehead atoms. The number of esters is 2. The zero-order chi connectivity index (χ0) is 18.8. The van der Waals surface area contributed by atoms with E-state index in [0.717, 1.165) is 19.3 Å². The van der Waals surface area contributed by atoms with Crippen molar-refractivity contribution in [3.63, 3.8) is 0 Å². The van der Waals surface area contributed by atoms with E-state index in [-0.39, 0.29) is 6.61 Å². The summed E-state index contributed by atoms with van der Waals surface area (Å²) < 4.78 is 16.0. The first-order chi connectivity index (χ1) is 12.5. The van der Waals surface area contributed by atoms with Crippen LogP contribution in [0, 0.1) is 11.8 Å². The van der Waals surface area contributed by atoms with Crippen LogP contribution in [0.4, 0.5) is 0 Å². The van der Waals surface area contributed by atoms with Crippen molar-refractivity contribution in [3.8, 4) is 11.8 Å². The SMILES string of the molecule is CC(=O)OC[C@H]1O[C@H](C#CCCCc2ccccc2)C=C[C@@H]1OC(C)=O. The number of hydrogen-bond donors (Lipinski definition) is 0. The lowest BCUT2D eigenvalue weighted by Crippen LogP contribution is -2.41. The van der Waals surface area contributed by atoms with Crippen molar-refractivity contribution in [1.82, 2.24) is 0 Å². The fraction of sp³-hybridized carbons (Fsp3) is 0.429. The van der Waals surface area contributed by atoms with Crippen molar-refractivity contribution in [2.24, 2.45) is 0 Å². The largest absolute Gasteiger partial charge is 0.463 e. The molecule has 1 aliphatic rings. The van der Waals surface area contributed by atoms with Gasteiger partial charge in [-0.1, -0.05) is 36.3 Å². The van der Waals surface area contributed by atoms with Crippen LogP contribution in [0.1, 0.15) is 32.3 Å². The van der Waals surface area contributed by atoms with E-state index in [9.17, 15) is 9.59 Å². The van der Waals surface area contributed by atoms with Crippen LogP contribution in [0.25, 0.3) is 0 Å². The lowest BCUT2D eigenvalue weighted by molar-refractivity contribution is -0.161. The molecule has 1 heterocycles. The summed E-state index contributed by atoms with van der Waals surface area (Å²) in [6.07, 6.45) is 4.69. The molecule has 1 aliphatic heterocycles. The summed E-state index contributed by atoms with van der Waals surface area (Å²) in [6, 6.07) is 10.3. The van der Waals surface area contributed by atoms with Gasteiger partial charge in [0.05, 0.1) is 0 Å². The first-order valence-corrected chi connectivity index (χ1v) is 8.71. The molecule has 138 valence electrons. The van der Waals surface area contributed by atoms with Gasteiger partial charge in [-0.05, 0) is 30.6 Å². The summed E-state index contributed by atoms with van der Waals surface area (Å²) >= 11 is 0. The molecule has 0 fully saturated rings. The van der Waals surface area contributed by atoms with Crippen LogP contribution in [0.15, 0.2) is 42.5 Å². The maximum atomic E-state index is 11.2. The number of aryl methyl sites for hydroxylation is 1. The number of benzene rings is 1. The van der Waals surface area contributed by atoms with Gasteiger partial charge < -0.3 is 14.2 Å². The summed E-state index contributed by atoms with van der Waals surface area (Å²) in [6.45, 7) is 2.67. The molecule has 0 saturated heterocycles. The molecule has 2 rings (SSSR count). The number of ether oxygens (including phenoxy) is 3. The Morgan fingerprint density at radius 3 is 2.58 bits per heavy atom. The topological polar surface area (TPSA) is 61.8 Å². The van der Waals surface area contributed by atoms with Crippen molar-refractivity contribution in [2.75, 3.05) is 6.61 Å². The lowest BCUT2D eigenvalue weighted by Gasteiger charge is -2.29. The number of carbonyl (C=O) groups excluding carboxylic acids is 2. The van der Waals surface area contributed by atoms with Crippen LogP contribution in [0.2, 0.25) is 0 Å². The van der Waals surface area contributed by atoms with Crippen molar-refractivity contribution in [3.05, 3.63) is 48.0 Å². The highest BCUT2D eigenvalue weighted by Crippen LogP contribution is 2.17. The van der Waals surface area contributed by atoms with E-state index in [1.807, 2.05) is 18.2 Å². The molecular weight excluding hydrogens is 332 g/mol. The highest BCUT2D eigenvalue weighted by molar-refractivity contribution is 5.66. The van der Waals surface area contributed by atoms with Gasteiger partial charge in [0, 0.05) is 20.3 Å². The average molecular weight is 356 g/mol. The van der Waals surface area contributed by atoms with Gasteiger partial charge >= 0.3 is 11.9 Å². The molecular formula is C21H24O5. The van der Waals surface area contributed by atoms with Crippen molar-refractivity contribution < 1.29 is 23.8 Å². The van der Waals surface area contributed by atoms with Gasteiger partial charge in [-0.2, -0.15) is 0 Å². The summed E-state index contributed by atoms with van der Waals surface area (Å²) in [4.78, 5) is 22.2. The predicted octanol–water partition coefficient (Wildman–Crippen LogP) is 2.83. The molecule has 0 spiro atoms. The number of unbranched alkanes of at least 4 members (excludes halogenated alkanes) is 1. The maximum Gasteiger partial charge on any atom is 0.303 e. The smallest absolute Gasteiger partial charge is 0.303 e. The van der Waals surface area contributed by atoms with E-state index >= 15 is 0 Å². The van der Waals surface area contributed by atoms with Gasteiger partial charge in [-0.15, -0.1) is 5.92 Å².